The Hall–Kier alpha value is -6.96. The first kappa shape index (κ1) is 99.9. The van der Waals surface area contributed by atoms with Crippen molar-refractivity contribution in [2.24, 2.45) is 0 Å². The molecule has 0 radical (unpaired) electrons. The SMILES string of the molecule is CCCCCCCCCCOc1cc(C(=O)OCCCCCCOc2cnc(-c3ncc(OCCCCCCOC(=O)c4cc(OCCCCCCCCCC)c(OCCCCCCCCCC)c(OCCCCCCCCCC)c4)c4ccccc34)c3ccccc23)cc(OCCCCCCCCCC)c1OCCCCCCCCCC. The lowest BCUT2D eigenvalue weighted by atomic mass is 10.0. The summed E-state index contributed by atoms with van der Waals surface area (Å²) >= 11 is 0. The van der Waals surface area contributed by atoms with Crippen LogP contribution in [0.5, 0.6) is 46.0 Å². The number of fused-ring (bicyclic) bond motifs is 2. The third kappa shape index (κ3) is 42.5. The highest BCUT2D eigenvalue weighted by Crippen LogP contribution is 2.43. The highest BCUT2D eigenvalue weighted by atomic mass is 16.6. The van der Waals surface area contributed by atoms with E-state index in [1.807, 2.05) is 60.9 Å². The molecule has 0 aliphatic rings. The Labute approximate surface area is 717 Å². The van der Waals surface area contributed by atoms with E-state index in [9.17, 15) is 9.59 Å². The number of pyridine rings is 2. The van der Waals surface area contributed by atoms with Gasteiger partial charge in [0.05, 0.1) is 101 Å². The Morgan fingerprint density at radius 3 is 0.636 bits per heavy atom. The second kappa shape index (κ2) is 67.7. The molecule has 0 atom stereocenters. The molecule has 6 aromatic rings. The molecule has 0 aliphatic heterocycles. The molecule has 6 rings (SSSR count). The average molecular weight is 1630 g/mol. The summed E-state index contributed by atoms with van der Waals surface area (Å²) in [5, 5.41) is 3.87. The number of unbranched alkanes of at least 4 members (excludes halogenated alkanes) is 48. The Balaban J connectivity index is 0.992. The monoisotopic (exact) mass is 1630 g/mol. The van der Waals surface area contributed by atoms with Crippen LogP contribution in [0.3, 0.4) is 0 Å². The summed E-state index contributed by atoms with van der Waals surface area (Å²) in [7, 11) is 0. The van der Waals surface area contributed by atoms with Crippen LogP contribution in [0.25, 0.3) is 32.9 Å². The van der Waals surface area contributed by atoms with E-state index in [2.05, 4.69) is 65.8 Å². The lowest BCUT2D eigenvalue weighted by molar-refractivity contribution is 0.0487. The number of nitrogens with zero attached hydrogens (tertiary/aromatic N) is 2. The molecule has 0 unspecified atom stereocenters. The van der Waals surface area contributed by atoms with Crippen molar-refractivity contribution in [1.29, 1.82) is 0 Å². The first-order chi connectivity index (χ1) is 58.3. The summed E-state index contributed by atoms with van der Waals surface area (Å²) in [6, 6.07) is 23.8. The molecule has 2 heterocycles. The summed E-state index contributed by atoms with van der Waals surface area (Å²) in [5.74, 6) is 4.22. The molecule has 0 saturated carbocycles. The van der Waals surface area contributed by atoms with Crippen LogP contribution >= 0.6 is 0 Å². The van der Waals surface area contributed by atoms with E-state index in [4.69, 9.17) is 57.3 Å². The molecule has 0 aliphatic carbocycles. The zero-order valence-electron chi connectivity index (χ0n) is 75.5. The zero-order chi connectivity index (χ0) is 83.4. The number of hydrogen-bond acceptors (Lipinski definition) is 14. The van der Waals surface area contributed by atoms with Gasteiger partial charge in [0.15, 0.2) is 23.0 Å². The number of benzene rings is 4. The van der Waals surface area contributed by atoms with Crippen molar-refractivity contribution >= 4 is 33.5 Å². The first-order valence-electron chi connectivity index (χ1n) is 48.8. The summed E-state index contributed by atoms with van der Waals surface area (Å²) in [6.07, 6.45) is 68.7. The van der Waals surface area contributed by atoms with E-state index < -0.39 is 0 Å². The third-order valence-electron chi connectivity index (χ3n) is 22.8. The highest BCUT2D eigenvalue weighted by molar-refractivity contribution is 6.05. The first-order valence-corrected chi connectivity index (χ1v) is 48.8. The fraction of sp³-hybridized carbons (Fsp3) is 0.692. The van der Waals surface area contributed by atoms with Gasteiger partial charge in [-0.2, -0.15) is 0 Å². The van der Waals surface area contributed by atoms with Crippen LogP contribution in [0.4, 0.5) is 0 Å². The molecule has 118 heavy (non-hydrogen) atoms. The summed E-state index contributed by atoms with van der Waals surface area (Å²) in [6.45, 7) is 18.6. The Bertz CT molecular complexity index is 3190. The number of esters is 2. The minimum atomic E-state index is -0.374. The zero-order valence-corrected chi connectivity index (χ0v) is 75.5. The average Bonchev–Trinajstić information content (AvgIpc) is 0.763. The summed E-state index contributed by atoms with van der Waals surface area (Å²) in [5.41, 5.74) is 2.43. The lowest BCUT2D eigenvalue weighted by Crippen LogP contribution is -2.11. The number of carbonyl (C=O) groups is 2. The fourth-order valence-corrected chi connectivity index (χ4v) is 15.5. The lowest BCUT2D eigenvalue weighted by Gasteiger charge is -2.19. The van der Waals surface area contributed by atoms with Crippen LogP contribution in [0.2, 0.25) is 0 Å². The Morgan fingerprint density at radius 1 is 0.220 bits per heavy atom. The molecular weight excluding hydrogens is 1470 g/mol. The number of ether oxygens (including phenoxy) is 10. The second-order valence-corrected chi connectivity index (χ2v) is 33.4. The van der Waals surface area contributed by atoms with Crippen molar-refractivity contribution in [1.82, 2.24) is 9.97 Å². The molecule has 0 bridgehead atoms. The molecule has 0 N–H and O–H groups in total. The van der Waals surface area contributed by atoms with Crippen molar-refractivity contribution < 1.29 is 57.0 Å². The standard InChI is InChI=1S/C104H164N2O12/c1-7-13-19-25-31-37-43-57-71-109-93-81-87(82-94(110-72-58-44-38-32-26-20-14-8-2)101(93)115-77-63-47-41-35-29-23-17-11-5)103(107)117-79-65-51-49-61-75-113-97-85-105-99(91-69-55-53-67-89(91)97)100-92-70-56-54-68-90(92)98(86-106-100)114-76-62-50-52-66-80-118-104(108)88-83-95(111-73-59-45-39-33-27-21-15-9-3)102(116-78-64-48-42-36-30-24-18-12-6)96(84-88)112-74-60-46-40-34-28-22-16-10-4/h53-56,67-70,81-86H,7-52,57-66,71-80H2,1-6H3. The predicted octanol–water partition coefficient (Wildman–Crippen LogP) is 31.2. The van der Waals surface area contributed by atoms with Crippen molar-refractivity contribution in [2.45, 2.75) is 401 Å². The third-order valence-corrected chi connectivity index (χ3v) is 22.8. The van der Waals surface area contributed by atoms with Crippen LogP contribution < -0.4 is 37.9 Å². The van der Waals surface area contributed by atoms with Gasteiger partial charge < -0.3 is 47.4 Å². The highest BCUT2D eigenvalue weighted by Gasteiger charge is 2.24. The smallest absolute Gasteiger partial charge is 0.338 e. The van der Waals surface area contributed by atoms with Crippen LogP contribution in [-0.2, 0) is 9.47 Å². The maximum absolute atomic E-state index is 14.0. The van der Waals surface area contributed by atoms with E-state index in [-0.39, 0.29) is 11.9 Å². The molecule has 2 aromatic heterocycles. The van der Waals surface area contributed by atoms with Gasteiger partial charge in [0.25, 0.3) is 0 Å². The van der Waals surface area contributed by atoms with Crippen molar-refractivity contribution in [2.75, 3.05) is 66.1 Å². The Morgan fingerprint density at radius 2 is 0.407 bits per heavy atom. The van der Waals surface area contributed by atoms with Gasteiger partial charge in [-0.25, -0.2) is 9.59 Å². The minimum absolute atomic E-state index is 0.315. The molecule has 14 nitrogen and oxygen atoms in total. The van der Waals surface area contributed by atoms with Crippen LogP contribution in [0.15, 0.2) is 85.2 Å². The van der Waals surface area contributed by atoms with Crippen LogP contribution in [0, 0.1) is 0 Å². The van der Waals surface area contributed by atoms with Gasteiger partial charge in [-0.1, -0.05) is 360 Å². The maximum atomic E-state index is 14.0. The summed E-state index contributed by atoms with van der Waals surface area (Å²) in [4.78, 5) is 38.0. The van der Waals surface area contributed by atoms with E-state index >= 15 is 0 Å². The molecule has 0 fully saturated rings. The number of hydrogen-bond donors (Lipinski definition) is 0. The van der Waals surface area contributed by atoms with Crippen LogP contribution in [0.1, 0.15) is 422 Å². The Kier molecular flexibility index (Phi) is 57.3. The van der Waals surface area contributed by atoms with Gasteiger partial charge >= 0.3 is 11.9 Å². The van der Waals surface area contributed by atoms with Crippen molar-refractivity contribution in [3.8, 4) is 57.4 Å². The largest absolute Gasteiger partial charge is 0.491 e. The van der Waals surface area contributed by atoms with Gasteiger partial charge in [-0.05, 0) is 114 Å². The molecule has 662 valence electrons. The summed E-state index contributed by atoms with van der Waals surface area (Å²) < 4.78 is 64.3. The van der Waals surface area contributed by atoms with Crippen molar-refractivity contribution in [3.63, 3.8) is 0 Å². The van der Waals surface area contributed by atoms with Gasteiger partial charge in [-0.3, -0.25) is 9.97 Å². The van der Waals surface area contributed by atoms with E-state index in [1.165, 1.54) is 231 Å². The minimum Gasteiger partial charge on any atom is -0.491 e. The second-order valence-electron chi connectivity index (χ2n) is 33.4. The molecule has 4 aromatic carbocycles. The normalized spacial score (nSPS) is 11.4. The number of aromatic nitrogens is 2. The fourth-order valence-electron chi connectivity index (χ4n) is 15.5. The van der Waals surface area contributed by atoms with Gasteiger partial charge in [0, 0.05) is 21.5 Å². The van der Waals surface area contributed by atoms with E-state index in [0.29, 0.717) is 112 Å². The van der Waals surface area contributed by atoms with Gasteiger partial charge in [0.2, 0.25) is 11.5 Å². The predicted molar refractivity (Wildman–Crippen MR) is 492 cm³/mol. The van der Waals surface area contributed by atoms with Gasteiger partial charge in [0.1, 0.15) is 11.5 Å². The van der Waals surface area contributed by atoms with Crippen molar-refractivity contribution in [3.05, 3.63) is 96.3 Å². The molecule has 14 heteroatoms. The van der Waals surface area contributed by atoms with E-state index in [0.717, 1.165) is 173 Å². The number of rotatable bonds is 79. The number of carbonyl (C=O) groups excluding carboxylic acids is 2. The molecule has 0 amide bonds. The van der Waals surface area contributed by atoms with Crippen LogP contribution in [-0.4, -0.2) is 88.0 Å². The maximum Gasteiger partial charge on any atom is 0.338 e. The topological polar surface area (TPSA) is 152 Å². The quantitative estimate of drug-likeness (QED) is 0.0263. The molecule has 0 saturated heterocycles. The van der Waals surface area contributed by atoms with E-state index in [1.54, 1.807) is 0 Å². The molecule has 0 spiro atoms. The van der Waals surface area contributed by atoms with Gasteiger partial charge in [-0.15, -0.1) is 0 Å². The molecular formula is C104H164N2O12.